The fraction of sp³-hybridized carbons (Fsp3) is 0. The first kappa shape index (κ1) is 6.98. The van der Waals surface area contributed by atoms with E-state index in [9.17, 15) is 3.25 Å². The van der Waals surface area contributed by atoms with Gasteiger partial charge in [-0.25, -0.2) is 0 Å². The summed E-state index contributed by atoms with van der Waals surface area (Å²) in [7, 11) is -2.91. The van der Waals surface area contributed by atoms with Crippen LogP contribution in [0.1, 0.15) is 0 Å². The van der Waals surface area contributed by atoms with Crippen molar-refractivity contribution in [2.24, 2.45) is 0 Å². The van der Waals surface area contributed by atoms with Gasteiger partial charge in [0.15, 0.2) is 0 Å². The van der Waals surface area contributed by atoms with Gasteiger partial charge in [0.25, 0.3) is 0 Å². The predicted molar refractivity (Wildman–Crippen MR) is 27.5 cm³/mol. The molecule has 0 aromatic heterocycles. The van der Waals surface area contributed by atoms with Crippen LogP contribution in [0.3, 0.4) is 0 Å². The molecule has 0 aromatic rings. The Bertz CT molecular complexity index is 53.0. The van der Waals surface area contributed by atoms with Crippen LogP contribution in [0.5, 0.6) is 0 Å². The SMILES string of the molecule is [O]=[Nb]([Br])([Br])[Br]. The van der Waals surface area contributed by atoms with E-state index in [1.165, 1.54) is 0 Å². The van der Waals surface area contributed by atoms with Gasteiger partial charge in [-0.05, 0) is 0 Å². The minimum atomic E-state index is -2.91. The van der Waals surface area contributed by atoms with E-state index in [0.717, 1.165) is 0 Å². The van der Waals surface area contributed by atoms with Crippen molar-refractivity contribution in [3.05, 3.63) is 0 Å². The van der Waals surface area contributed by atoms with Crippen LogP contribution in [0.25, 0.3) is 0 Å². The van der Waals surface area contributed by atoms with Crippen molar-refractivity contribution in [3.63, 3.8) is 0 Å². The molecule has 0 unspecified atom stereocenters. The number of halogens is 3. The first-order valence-electron chi connectivity index (χ1n) is 0.690. The fourth-order valence-corrected chi connectivity index (χ4v) is 0. The summed E-state index contributed by atoms with van der Waals surface area (Å²) in [6, 6.07) is 0. The summed E-state index contributed by atoms with van der Waals surface area (Å²) in [5.41, 5.74) is 0. The van der Waals surface area contributed by atoms with Crippen LogP contribution in [-0.2, 0) is 14.0 Å². The second-order valence-electron chi connectivity index (χ2n) is 0.399. The average molecular weight is 349 g/mol. The van der Waals surface area contributed by atoms with Gasteiger partial charge in [0, 0.05) is 0 Å². The van der Waals surface area contributed by atoms with Crippen LogP contribution in [0.2, 0.25) is 0 Å². The van der Waals surface area contributed by atoms with E-state index in [1.807, 2.05) is 0 Å². The molecular weight excluding hydrogens is 349 g/mol. The van der Waals surface area contributed by atoms with Crippen molar-refractivity contribution < 1.29 is 14.0 Å². The first-order valence-corrected chi connectivity index (χ1v) is 16.7. The number of hydrogen-bond acceptors (Lipinski definition) is 1. The van der Waals surface area contributed by atoms with Gasteiger partial charge in [-0.1, -0.05) is 0 Å². The molecule has 5 heteroatoms. The summed E-state index contributed by atoms with van der Waals surface area (Å²) in [5.74, 6) is 0. The molecule has 0 fully saturated rings. The van der Waals surface area contributed by atoms with Gasteiger partial charge in [0.05, 0.1) is 0 Å². The van der Waals surface area contributed by atoms with Gasteiger partial charge in [-0.2, -0.15) is 0 Å². The van der Waals surface area contributed by atoms with Crippen molar-refractivity contribution in [2.75, 3.05) is 0 Å². The minimum absolute atomic E-state index is 2.85. The van der Waals surface area contributed by atoms with Crippen LogP contribution in [0.15, 0.2) is 0 Å². The first-order chi connectivity index (χ1) is 2.00. The Labute approximate surface area is 52.2 Å². The number of rotatable bonds is 0. The molecule has 0 aliphatic rings. The van der Waals surface area contributed by atoms with E-state index >= 15 is 0 Å². The summed E-state index contributed by atoms with van der Waals surface area (Å²) < 4.78 is 10.1. The molecule has 0 aliphatic heterocycles. The van der Waals surface area contributed by atoms with Crippen LogP contribution in [-0.4, -0.2) is 0 Å². The van der Waals surface area contributed by atoms with Crippen LogP contribution in [0, 0.1) is 0 Å². The average Bonchev–Trinajstić information content (AvgIpc) is 0.722. The maximum absolute atomic E-state index is 10.1. The second-order valence-corrected chi connectivity index (χ2v) is 37.0. The Balaban J connectivity index is 3.47. The molecule has 1 nitrogen and oxygen atoms in total. The van der Waals surface area contributed by atoms with Gasteiger partial charge < -0.3 is 0 Å². The van der Waals surface area contributed by atoms with E-state index in [2.05, 4.69) is 39.1 Å². The van der Waals surface area contributed by atoms with Crippen molar-refractivity contribution in [2.45, 2.75) is 0 Å². The zero-order chi connectivity index (χ0) is 4.50. The molecule has 0 atom stereocenters. The molecule has 0 heterocycles. The van der Waals surface area contributed by atoms with Crippen LogP contribution >= 0.6 is 39.1 Å². The zero-order valence-electron chi connectivity index (χ0n) is 1.99. The zero-order valence-corrected chi connectivity index (χ0v) is 8.95. The van der Waals surface area contributed by atoms with Gasteiger partial charge >= 0.3 is 53.0 Å². The molecule has 0 spiro atoms. The van der Waals surface area contributed by atoms with Crippen molar-refractivity contribution in [3.8, 4) is 0 Å². The molecular formula is Br3NbO. The molecule has 0 amide bonds. The molecule has 5 heavy (non-hydrogen) atoms. The fourth-order valence-electron chi connectivity index (χ4n) is 0. The molecule has 0 rings (SSSR count). The van der Waals surface area contributed by atoms with Gasteiger partial charge in [0.2, 0.25) is 0 Å². The normalized spacial score (nSPS) is 11.8. The van der Waals surface area contributed by atoms with E-state index in [1.54, 1.807) is 0 Å². The third kappa shape index (κ3) is 24.2. The number of hydrogen-bond donors (Lipinski definition) is 0. The Morgan fingerprint density at radius 1 is 1.20 bits per heavy atom. The molecule has 0 radical (unpaired) electrons. The Kier molecular flexibility index (Phi) is 3.25. The van der Waals surface area contributed by atoms with E-state index < -0.39 is 10.7 Å². The van der Waals surface area contributed by atoms with Crippen molar-refractivity contribution >= 4 is 39.1 Å². The third-order valence-electron chi connectivity index (χ3n) is 0. The topological polar surface area (TPSA) is 17.1 Å². The standard InChI is InChI=1S/3BrH.Nb.O/h3*1H;;/q;;;+3;/p-3. The molecule has 0 bridgehead atoms. The van der Waals surface area contributed by atoms with Crippen LogP contribution in [0.4, 0.5) is 0 Å². The quantitative estimate of drug-likeness (QED) is 0.615. The molecule has 0 aliphatic carbocycles. The van der Waals surface area contributed by atoms with E-state index in [0.29, 0.717) is 0 Å². The Morgan fingerprint density at radius 3 is 1.20 bits per heavy atom. The van der Waals surface area contributed by atoms with E-state index in [-0.39, 0.29) is 0 Å². The van der Waals surface area contributed by atoms with Gasteiger partial charge in [0.1, 0.15) is 0 Å². The third-order valence-corrected chi connectivity index (χ3v) is 0. The Hall–Kier alpha value is 1.98. The molecule has 0 aromatic carbocycles. The summed E-state index contributed by atoms with van der Waals surface area (Å²) in [4.78, 5) is 0. The molecule has 32 valence electrons. The van der Waals surface area contributed by atoms with E-state index in [4.69, 9.17) is 0 Å². The molecule has 0 N–H and O–H groups in total. The van der Waals surface area contributed by atoms with Crippen molar-refractivity contribution in [1.82, 2.24) is 0 Å². The monoisotopic (exact) mass is 346 g/mol. The summed E-state index contributed by atoms with van der Waals surface area (Å²) >= 11 is 8.56. The second kappa shape index (κ2) is 2.33. The molecule has 0 saturated carbocycles. The Morgan fingerprint density at radius 2 is 1.20 bits per heavy atom. The summed E-state index contributed by atoms with van der Waals surface area (Å²) in [6.07, 6.45) is 0. The van der Waals surface area contributed by atoms with Gasteiger partial charge in [-0.3, -0.25) is 0 Å². The van der Waals surface area contributed by atoms with Gasteiger partial charge in [-0.15, -0.1) is 0 Å². The summed E-state index contributed by atoms with van der Waals surface area (Å²) in [6.45, 7) is 0. The predicted octanol–water partition coefficient (Wildman–Crippen LogP) is 2.42. The molecule has 0 saturated heterocycles. The van der Waals surface area contributed by atoms with Crippen LogP contribution < -0.4 is 0 Å². The summed E-state index contributed by atoms with van der Waals surface area (Å²) in [5, 5.41) is 0. The maximum atomic E-state index is 10.1. The van der Waals surface area contributed by atoms with Crippen molar-refractivity contribution in [1.29, 1.82) is 0 Å².